The fourth-order valence-corrected chi connectivity index (χ4v) is 3.34. The Morgan fingerprint density at radius 1 is 0.867 bits per heavy atom. The van der Waals surface area contributed by atoms with Gasteiger partial charge in [-0.2, -0.15) is 0 Å². The highest BCUT2D eigenvalue weighted by Gasteiger charge is 2.11. The molecule has 3 aromatic carbocycles. The number of anilines is 2. The lowest BCUT2D eigenvalue weighted by Crippen LogP contribution is -2.19. The van der Waals surface area contributed by atoms with Gasteiger partial charge in [-0.15, -0.1) is 0 Å². The molecule has 0 atom stereocenters. The van der Waals surface area contributed by atoms with Gasteiger partial charge in [-0.05, 0) is 48.5 Å². The Labute approximate surface area is 176 Å². The minimum Gasteiger partial charge on any atom is -0.497 e. The minimum absolute atomic E-state index is 0.411. The molecule has 0 aliphatic carbocycles. The molecule has 0 aliphatic rings. The third-order valence-electron chi connectivity index (χ3n) is 4.59. The molecule has 8 heteroatoms. The van der Waals surface area contributed by atoms with Crippen LogP contribution in [0, 0.1) is 0 Å². The zero-order valence-corrected chi connectivity index (χ0v) is 16.9. The van der Waals surface area contributed by atoms with Crippen LogP contribution in [0.15, 0.2) is 63.8 Å². The summed E-state index contributed by atoms with van der Waals surface area (Å²) in [6.07, 6.45) is 0. The highest BCUT2D eigenvalue weighted by Crippen LogP contribution is 2.29. The predicted molar refractivity (Wildman–Crippen MR) is 117 cm³/mol. The van der Waals surface area contributed by atoms with Gasteiger partial charge in [0.05, 0.1) is 24.6 Å². The summed E-state index contributed by atoms with van der Waals surface area (Å²) in [6, 6.07) is 14.6. The van der Waals surface area contributed by atoms with Gasteiger partial charge in [0.15, 0.2) is 0 Å². The fraction of sp³-hybridized carbons (Fsp3) is 0.0909. The van der Waals surface area contributed by atoms with Crippen LogP contribution in [0.1, 0.15) is 0 Å². The average molecular weight is 425 g/mol. The topological polar surface area (TPSA) is 89.8 Å². The molecule has 0 saturated heterocycles. The smallest absolute Gasteiger partial charge is 0.344 e. The maximum atomic E-state index is 12.4. The van der Waals surface area contributed by atoms with Crippen LogP contribution in [-0.4, -0.2) is 20.3 Å². The molecule has 2 N–H and O–H groups in total. The number of benzene rings is 3. The molecule has 0 saturated carbocycles. The first-order valence-corrected chi connectivity index (χ1v) is 9.32. The Bertz CT molecular complexity index is 1330. The normalized spacial score (nSPS) is 10.8. The summed E-state index contributed by atoms with van der Waals surface area (Å²) in [5.74, 6) is 1.07. The first-order chi connectivity index (χ1) is 14.5. The molecule has 4 rings (SSSR count). The van der Waals surface area contributed by atoms with Gasteiger partial charge in [-0.3, -0.25) is 0 Å². The quantitative estimate of drug-likeness (QED) is 0.344. The van der Waals surface area contributed by atoms with E-state index in [0.29, 0.717) is 49.6 Å². The van der Waals surface area contributed by atoms with Gasteiger partial charge in [-0.25, -0.2) is 9.59 Å². The summed E-state index contributed by atoms with van der Waals surface area (Å²) < 4.78 is 15.8. The van der Waals surface area contributed by atoms with Crippen molar-refractivity contribution in [2.24, 2.45) is 0 Å². The molecule has 152 valence electrons. The number of amides is 2. The van der Waals surface area contributed by atoms with E-state index in [2.05, 4.69) is 10.6 Å². The maximum Gasteiger partial charge on any atom is 0.344 e. The molecule has 0 fully saturated rings. The summed E-state index contributed by atoms with van der Waals surface area (Å²) >= 11 is 6.01. The Balaban J connectivity index is 1.66. The number of fused-ring (bicyclic) bond motifs is 3. The molecule has 0 unspecified atom stereocenters. The van der Waals surface area contributed by atoms with Crippen LogP contribution in [0.4, 0.5) is 16.2 Å². The van der Waals surface area contributed by atoms with Gasteiger partial charge in [0.25, 0.3) is 0 Å². The van der Waals surface area contributed by atoms with E-state index in [1.54, 1.807) is 61.7 Å². The van der Waals surface area contributed by atoms with Gasteiger partial charge in [0.2, 0.25) is 0 Å². The van der Waals surface area contributed by atoms with E-state index in [1.807, 2.05) is 0 Å². The van der Waals surface area contributed by atoms with Crippen LogP contribution in [0.2, 0.25) is 5.02 Å². The molecule has 0 radical (unpaired) electrons. The fourth-order valence-electron chi connectivity index (χ4n) is 3.14. The number of hydrogen-bond acceptors (Lipinski definition) is 5. The van der Waals surface area contributed by atoms with Crippen molar-refractivity contribution in [3.05, 3.63) is 70.0 Å². The minimum atomic E-state index is -0.446. The van der Waals surface area contributed by atoms with Crippen molar-refractivity contribution in [3.63, 3.8) is 0 Å². The number of rotatable bonds is 4. The summed E-state index contributed by atoms with van der Waals surface area (Å²) in [6.45, 7) is 0. The Morgan fingerprint density at radius 3 is 2.33 bits per heavy atom. The van der Waals surface area contributed by atoms with Crippen LogP contribution in [0.3, 0.4) is 0 Å². The molecule has 0 spiro atoms. The zero-order valence-electron chi connectivity index (χ0n) is 16.1. The predicted octanol–water partition coefficient (Wildman–Crippen LogP) is 5.26. The number of nitrogens with one attached hydrogen (secondary N) is 2. The van der Waals surface area contributed by atoms with Crippen molar-refractivity contribution >= 4 is 50.7 Å². The largest absolute Gasteiger partial charge is 0.497 e. The molecular formula is C22H17ClN2O5. The molecule has 0 bridgehead atoms. The zero-order chi connectivity index (χ0) is 21.3. The van der Waals surface area contributed by atoms with E-state index in [1.165, 1.54) is 7.11 Å². The molecule has 30 heavy (non-hydrogen) atoms. The standard InChI is InChI=1S/C22H17ClN2O5/c1-28-14-5-6-15-16(11-14)17-9-12(4-8-19(17)30-21(15)26)24-22(27)25-13-3-7-18(23)20(10-13)29-2/h3-11H,1-2H3,(H2,24,25,27). The summed E-state index contributed by atoms with van der Waals surface area (Å²) in [7, 11) is 3.05. The molecule has 1 aromatic heterocycles. The third-order valence-corrected chi connectivity index (χ3v) is 4.90. The Morgan fingerprint density at radius 2 is 1.60 bits per heavy atom. The lowest BCUT2D eigenvalue weighted by atomic mass is 10.1. The summed E-state index contributed by atoms with van der Waals surface area (Å²) in [5, 5.41) is 7.71. The first-order valence-electron chi connectivity index (χ1n) is 8.94. The lowest BCUT2D eigenvalue weighted by molar-refractivity contribution is 0.262. The Hall–Kier alpha value is -3.71. The van der Waals surface area contributed by atoms with E-state index >= 15 is 0 Å². The van der Waals surface area contributed by atoms with Crippen LogP contribution >= 0.6 is 11.6 Å². The molecule has 0 aliphatic heterocycles. The number of carbonyl (C=O) groups is 1. The van der Waals surface area contributed by atoms with Gasteiger partial charge in [0.1, 0.15) is 17.1 Å². The van der Waals surface area contributed by atoms with Gasteiger partial charge < -0.3 is 24.5 Å². The van der Waals surface area contributed by atoms with Crippen LogP contribution < -0.4 is 25.7 Å². The second kappa shape index (κ2) is 7.96. The van der Waals surface area contributed by atoms with E-state index in [0.717, 1.165) is 0 Å². The first kappa shape index (κ1) is 19.6. The monoisotopic (exact) mass is 424 g/mol. The maximum absolute atomic E-state index is 12.4. The number of carbonyl (C=O) groups excluding carboxylic acids is 1. The van der Waals surface area contributed by atoms with Crippen molar-refractivity contribution in [1.29, 1.82) is 0 Å². The van der Waals surface area contributed by atoms with Gasteiger partial charge in [-0.1, -0.05) is 11.6 Å². The second-order valence-corrected chi connectivity index (χ2v) is 6.85. The molecular weight excluding hydrogens is 408 g/mol. The number of ether oxygens (including phenoxy) is 2. The lowest BCUT2D eigenvalue weighted by Gasteiger charge is -2.11. The van der Waals surface area contributed by atoms with E-state index < -0.39 is 11.7 Å². The van der Waals surface area contributed by atoms with Gasteiger partial charge in [0, 0.05) is 28.2 Å². The van der Waals surface area contributed by atoms with E-state index in [-0.39, 0.29) is 0 Å². The summed E-state index contributed by atoms with van der Waals surface area (Å²) in [5.41, 5.74) is 1.03. The van der Waals surface area contributed by atoms with Crippen molar-refractivity contribution < 1.29 is 18.7 Å². The molecule has 4 aromatic rings. The van der Waals surface area contributed by atoms with E-state index in [9.17, 15) is 9.59 Å². The average Bonchev–Trinajstić information content (AvgIpc) is 2.75. The number of hydrogen-bond donors (Lipinski definition) is 2. The third kappa shape index (κ3) is 3.75. The van der Waals surface area contributed by atoms with Crippen LogP contribution in [0.25, 0.3) is 21.7 Å². The molecule has 7 nitrogen and oxygen atoms in total. The SMILES string of the molecule is COc1ccc2c(=O)oc3ccc(NC(=O)Nc4ccc(Cl)c(OC)c4)cc3c2c1. The van der Waals surface area contributed by atoms with Crippen molar-refractivity contribution in [2.75, 3.05) is 24.9 Å². The van der Waals surface area contributed by atoms with Crippen LogP contribution in [0.5, 0.6) is 11.5 Å². The highest BCUT2D eigenvalue weighted by atomic mass is 35.5. The number of methoxy groups -OCH3 is 2. The van der Waals surface area contributed by atoms with Crippen molar-refractivity contribution in [2.45, 2.75) is 0 Å². The van der Waals surface area contributed by atoms with Crippen molar-refractivity contribution in [3.8, 4) is 11.5 Å². The second-order valence-electron chi connectivity index (χ2n) is 6.44. The van der Waals surface area contributed by atoms with E-state index in [4.69, 9.17) is 25.5 Å². The van der Waals surface area contributed by atoms with Crippen LogP contribution in [-0.2, 0) is 0 Å². The highest BCUT2D eigenvalue weighted by molar-refractivity contribution is 6.32. The number of halogens is 1. The summed E-state index contributed by atoms with van der Waals surface area (Å²) in [4.78, 5) is 24.7. The number of urea groups is 1. The van der Waals surface area contributed by atoms with Gasteiger partial charge >= 0.3 is 11.7 Å². The molecule has 2 amide bonds. The molecule has 1 heterocycles. The Kier molecular flexibility index (Phi) is 5.20. The van der Waals surface area contributed by atoms with Crippen molar-refractivity contribution in [1.82, 2.24) is 0 Å².